The normalized spacial score (nSPS) is 23.9. The first-order chi connectivity index (χ1) is 12.4. The Balaban J connectivity index is 1.70. The van der Waals surface area contributed by atoms with E-state index in [2.05, 4.69) is 24.0 Å². The van der Waals surface area contributed by atoms with Gasteiger partial charge in [-0.05, 0) is 38.0 Å². The van der Waals surface area contributed by atoms with E-state index >= 15 is 0 Å². The first-order valence-corrected chi connectivity index (χ1v) is 10.0. The zero-order chi connectivity index (χ0) is 18.7. The van der Waals surface area contributed by atoms with Gasteiger partial charge in [0.2, 0.25) is 5.91 Å². The van der Waals surface area contributed by atoms with Crippen LogP contribution < -0.4 is 0 Å². The number of aromatic nitrogens is 2. The molecule has 0 aromatic carbocycles. The number of nitrogens with zero attached hydrogens (tertiary/aromatic N) is 3. The van der Waals surface area contributed by atoms with Crippen molar-refractivity contribution in [3.05, 3.63) is 17.5 Å². The Labute approximate surface area is 156 Å². The van der Waals surface area contributed by atoms with Gasteiger partial charge in [-0.1, -0.05) is 20.8 Å². The van der Waals surface area contributed by atoms with Crippen molar-refractivity contribution >= 4 is 11.8 Å². The topological polar surface area (TPSA) is 69.3 Å². The summed E-state index contributed by atoms with van der Waals surface area (Å²) in [6, 6.07) is 0. The Morgan fingerprint density at radius 2 is 2.15 bits per heavy atom. The van der Waals surface area contributed by atoms with E-state index in [1.165, 1.54) is 0 Å². The van der Waals surface area contributed by atoms with Gasteiger partial charge in [-0.25, -0.2) is 0 Å². The van der Waals surface area contributed by atoms with E-state index in [1.54, 1.807) is 6.20 Å². The van der Waals surface area contributed by atoms with Gasteiger partial charge in [-0.2, -0.15) is 5.10 Å². The fourth-order valence-corrected chi connectivity index (χ4v) is 4.37. The molecule has 0 saturated carbocycles. The van der Waals surface area contributed by atoms with Crippen LogP contribution in [0.1, 0.15) is 68.9 Å². The van der Waals surface area contributed by atoms with Crippen LogP contribution in [0, 0.1) is 11.3 Å². The van der Waals surface area contributed by atoms with E-state index in [-0.39, 0.29) is 17.2 Å². The van der Waals surface area contributed by atoms with E-state index in [1.807, 2.05) is 16.7 Å². The minimum absolute atomic E-state index is 0.0644. The highest BCUT2D eigenvalue weighted by Gasteiger charge is 2.43. The lowest BCUT2D eigenvalue weighted by Gasteiger charge is -2.48. The van der Waals surface area contributed by atoms with Crippen LogP contribution >= 0.6 is 0 Å². The minimum Gasteiger partial charge on any atom is -0.342 e. The number of rotatable bonds is 5. The molecule has 1 spiro atoms. The third-order valence-electron chi connectivity index (χ3n) is 5.98. The number of hydrogen-bond donors (Lipinski definition) is 1. The molecule has 0 aliphatic carbocycles. The molecule has 2 amide bonds. The second-order valence-corrected chi connectivity index (χ2v) is 8.44. The molecule has 2 aliphatic rings. The molecule has 2 aliphatic heterocycles. The molecule has 6 nitrogen and oxygen atoms in total. The third kappa shape index (κ3) is 3.94. The lowest BCUT2D eigenvalue weighted by molar-refractivity contribution is -0.139. The molecule has 1 N–H and O–H groups in total. The Morgan fingerprint density at radius 1 is 1.35 bits per heavy atom. The number of hydrogen-bond acceptors (Lipinski definition) is 3. The number of carbonyl (C=O) groups is 2. The number of aryl methyl sites for hydroxylation is 1. The van der Waals surface area contributed by atoms with E-state index in [4.69, 9.17) is 0 Å². The molecule has 0 unspecified atom stereocenters. The van der Waals surface area contributed by atoms with Gasteiger partial charge in [0.05, 0.1) is 11.8 Å². The Morgan fingerprint density at radius 3 is 2.88 bits per heavy atom. The van der Waals surface area contributed by atoms with Crippen molar-refractivity contribution < 1.29 is 9.59 Å². The SMILES string of the molecule is CCc1[nH]ncc1C(=O)N1CCC[C@@]2(CCC(=O)N(CCC(C)C)C2)C1. The monoisotopic (exact) mass is 360 g/mol. The molecule has 2 saturated heterocycles. The quantitative estimate of drug-likeness (QED) is 0.878. The largest absolute Gasteiger partial charge is 0.342 e. The summed E-state index contributed by atoms with van der Waals surface area (Å²) in [6.45, 7) is 9.62. The Kier molecular flexibility index (Phi) is 5.68. The standard InChI is InChI=1S/C20H32N4O2/c1-4-17-16(12-21-22-17)19(26)24-10-5-8-20(14-24)9-6-18(25)23(13-20)11-7-15(2)3/h12,15H,4-11,13-14H2,1-3H3,(H,21,22)/t20-/m0/s1. The van der Waals surface area contributed by atoms with E-state index in [9.17, 15) is 9.59 Å². The maximum Gasteiger partial charge on any atom is 0.257 e. The molecular formula is C20H32N4O2. The summed E-state index contributed by atoms with van der Waals surface area (Å²) in [5.41, 5.74) is 1.68. The molecule has 3 rings (SSSR count). The molecule has 2 fully saturated rings. The van der Waals surface area contributed by atoms with Gasteiger partial charge in [0.25, 0.3) is 5.91 Å². The van der Waals surface area contributed by atoms with Crippen LogP contribution in [0.4, 0.5) is 0 Å². The van der Waals surface area contributed by atoms with E-state index < -0.39 is 0 Å². The molecule has 3 heterocycles. The highest BCUT2D eigenvalue weighted by atomic mass is 16.2. The number of piperidine rings is 2. The van der Waals surface area contributed by atoms with Crippen molar-refractivity contribution in [2.75, 3.05) is 26.2 Å². The molecule has 144 valence electrons. The van der Waals surface area contributed by atoms with Crippen LogP contribution in [-0.2, 0) is 11.2 Å². The van der Waals surface area contributed by atoms with Crippen molar-refractivity contribution in [2.24, 2.45) is 11.3 Å². The lowest BCUT2D eigenvalue weighted by atomic mass is 9.73. The number of carbonyl (C=O) groups excluding carboxylic acids is 2. The molecule has 1 atom stereocenters. The maximum absolute atomic E-state index is 13.0. The summed E-state index contributed by atoms with van der Waals surface area (Å²) in [4.78, 5) is 29.4. The number of likely N-dealkylation sites (tertiary alicyclic amines) is 2. The summed E-state index contributed by atoms with van der Waals surface area (Å²) in [6.07, 6.45) is 7.11. The van der Waals surface area contributed by atoms with Crippen molar-refractivity contribution in [3.8, 4) is 0 Å². The fraction of sp³-hybridized carbons (Fsp3) is 0.750. The average molecular weight is 361 g/mol. The van der Waals surface area contributed by atoms with Crippen molar-refractivity contribution in [1.82, 2.24) is 20.0 Å². The smallest absolute Gasteiger partial charge is 0.257 e. The van der Waals surface area contributed by atoms with E-state index in [0.717, 1.165) is 64.0 Å². The number of aromatic amines is 1. The van der Waals surface area contributed by atoms with Crippen LogP contribution in [0.5, 0.6) is 0 Å². The van der Waals surface area contributed by atoms with Gasteiger partial charge in [-0.3, -0.25) is 14.7 Å². The molecule has 6 heteroatoms. The van der Waals surface area contributed by atoms with Gasteiger partial charge in [0.1, 0.15) is 0 Å². The van der Waals surface area contributed by atoms with Gasteiger partial charge in [-0.15, -0.1) is 0 Å². The van der Waals surface area contributed by atoms with Crippen molar-refractivity contribution in [1.29, 1.82) is 0 Å². The highest BCUT2D eigenvalue weighted by Crippen LogP contribution is 2.39. The number of amides is 2. The second kappa shape index (κ2) is 7.80. The van der Waals surface area contributed by atoms with E-state index in [0.29, 0.717) is 17.9 Å². The Bertz CT molecular complexity index is 654. The third-order valence-corrected chi connectivity index (χ3v) is 5.98. The molecule has 1 aromatic rings. The maximum atomic E-state index is 13.0. The Hall–Kier alpha value is -1.85. The predicted molar refractivity (Wildman–Crippen MR) is 101 cm³/mol. The number of H-pyrrole nitrogens is 1. The minimum atomic E-state index is 0.0644. The molecular weight excluding hydrogens is 328 g/mol. The summed E-state index contributed by atoms with van der Waals surface area (Å²) in [7, 11) is 0. The first kappa shape index (κ1) is 18.9. The van der Waals surface area contributed by atoms with Gasteiger partial charge in [0, 0.05) is 43.7 Å². The van der Waals surface area contributed by atoms with Crippen LogP contribution in [-0.4, -0.2) is 58.0 Å². The zero-order valence-electron chi connectivity index (χ0n) is 16.4. The number of nitrogens with one attached hydrogen (secondary N) is 1. The van der Waals surface area contributed by atoms with Crippen LogP contribution in [0.25, 0.3) is 0 Å². The summed E-state index contributed by atoms with van der Waals surface area (Å²) in [5.74, 6) is 0.960. The molecule has 1 aromatic heterocycles. The molecule has 0 bridgehead atoms. The molecule has 26 heavy (non-hydrogen) atoms. The highest BCUT2D eigenvalue weighted by molar-refractivity contribution is 5.95. The summed E-state index contributed by atoms with van der Waals surface area (Å²) >= 11 is 0. The fourth-order valence-electron chi connectivity index (χ4n) is 4.37. The van der Waals surface area contributed by atoms with Crippen molar-refractivity contribution in [2.45, 2.75) is 59.3 Å². The van der Waals surface area contributed by atoms with Gasteiger partial charge in [0.15, 0.2) is 0 Å². The summed E-state index contributed by atoms with van der Waals surface area (Å²) in [5, 5.41) is 6.99. The average Bonchev–Trinajstić information content (AvgIpc) is 3.11. The van der Waals surface area contributed by atoms with Gasteiger partial charge >= 0.3 is 0 Å². The van der Waals surface area contributed by atoms with Gasteiger partial charge < -0.3 is 9.80 Å². The predicted octanol–water partition coefficient (Wildman–Crippen LogP) is 2.86. The van der Waals surface area contributed by atoms with Crippen LogP contribution in [0.2, 0.25) is 0 Å². The summed E-state index contributed by atoms with van der Waals surface area (Å²) < 4.78 is 0. The zero-order valence-corrected chi connectivity index (χ0v) is 16.4. The lowest BCUT2D eigenvalue weighted by Crippen LogP contribution is -2.55. The molecule has 0 radical (unpaired) electrons. The van der Waals surface area contributed by atoms with Crippen LogP contribution in [0.3, 0.4) is 0 Å². The second-order valence-electron chi connectivity index (χ2n) is 8.44. The van der Waals surface area contributed by atoms with Crippen molar-refractivity contribution in [3.63, 3.8) is 0 Å². The first-order valence-electron chi connectivity index (χ1n) is 10.0. The van der Waals surface area contributed by atoms with Crippen LogP contribution in [0.15, 0.2) is 6.20 Å².